The second-order valence-electron chi connectivity index (χ2n) is 5.50. The molecule has 0 unspecified atom stereocenters. The summed E-state index contributed by atoms with van der Waals surface area (Å²) < 4.78 is 1.84. The molecule has 0 bridgehead atoms. The molecule has 2 aromatic carbocycles. The number of nitro benzene ring substituents is 1. The topological polar surface area (TPSA) is 89.5 Å². The summed E-state index contributed by atoms with van der Waals surface area (Å²) in [4.78, 5) is 22.9. The summed E-state index contributed by atoms with van der Waals surface area (Å²) in [6.45, 7) is 0. The number of carbonyl (C=O) groups is 1. The number of hydrazone groups is 1. The number of hydrogen-bond donors (Lipinski definition) is 1. The van der Waals surface area contributed by atoms with Crippen LogP contribution in [-0.4, -0.2) is 21.6 Å². The van der Waals surface area contributed by atoms with E-state index in [1.54, 1.807) is 36.4 Å². The molecule has 27 heavy (non-hydrogen) atoms. The van der Waals surface area contributed by atoms with Crippen LogP contribution in [0.1, 0.15) is 15.9 Å². The zero-order valence-electron chi connectivity index (χ0n) is 14.2. The summed E-state index contributed by atoms with van der Waals surface area (Å²) in [7, 11) is 0. The van der Waals surface area contributed by atoms with Gasteiger partial charge in [0.05, 0.1) is 21.7 Å². The van der Waals surface area contributed by atoms with Gasteiger partial charge in [-0.2, -0.15) is 5.10 Å². The van der Waals surface area contributed by atoms with Gasteiger partial charge >= 0.3 is 0 Å². The molecule has 1 N–H and O–H groups in total. The second-order valence-corrected chi connectivity index (χ2v) is 5.50. The molecule has 0 aliphatic carbocycles. The monoisotopic (exact) mass is 360 g/mol. The molecule has 0 aliphatic rings. The van der Waals surface area contributed by atoms with Crippen LogP contribution in [-0.2, 0) is 0 Å². The third kappa shape index (κ3) is 4.35. The van der Waals surface area contributed by atoms with Crippen LogP contribution < -0.4 is 5.43 Å². The lowest BCUT2D eigenvalue weighted by Gasteiger charge is -2.08. The zero-order valence-corrected chi connectivity index (χ0v) is 14.2. The SMILES string of the molecule is O=C(NN=CC=Cc1ccccc1[N+](=O)[O-])c1ccccc1-n1cccc1. The summed E-state index contributed by atoms with van der Waals surface area (Å²) in [5.41, 5.74) is 4.14. The fraction of sp³-hybridized carbons (Fsp3) is 0. The molecule has 0 saturated heterocycles. The number of benzene rings is 2. The van der Waals surface area contributed by atoms with Gasteiger partial charge < -0.3 is 4.57 Å². The van der Waals surface area contributed by atoms with Gasteiger partial charge in [0.15, 0.2) is 0 Å². The van der Waals surface area contributed by atoms with E-state index in [2.05, 4.69) is 10.5 Å². The molecule has 0 fully saturated rings. The zero-order chi connectivity index (χ0) is 19.1. The first kappa shape index (κ1) is 17.8. The molecular formula is C20H16N4O3. The van der Waals surface area contributed by atoms with Gasteiger partial charge in [0, 0.05) is 24.7 Å². The molecule has 134 valence electrons. The standard InChI is InChI=1S/C20H16N4O3/c25-20(17-10-2-4-12-19(17)23-14-5-6-15-23)22-21-13-7-9-16-8-1-3-11-18(16)24(26)27/h1-15H,(H,22,25). The lowest BCUT2D eigenvalue weighted by atomic mass is 10.1. The van der Waals surface area contributed by atoms with E-state index in [4.69, 9.17) is 0 Å². The van der Waals surface area contributed by atoms with Crippen molar-refractivity contribution in [1.82, 2.24) is 9.99 Å². The van der Waals surface area contributed by atoms with Gasteiger partial charge in [-0.05, 0) is 42.5 Å². The highest BCUT2D eigenvalue weighted by atomic mass is 16.6. The third-order valence-electron chi connectivity index (χ3n) is 3.77. The van der Waals surface area contributed by atoms with Crippen LogP contribution in [0.25, 0.3) is 11.8 Å². The lowest BCUT2D eigenvalue weighted by Crippen LogP contribution is -2.19. The first-order valence-electron chi connectivity index (χ1n) is 8.12. The Labute approximate surface area is 155 Å². The molecular weight excluding hydrogens is 344 g/mol. The van der Waals surface area contributed by atoms with Gasteiger partial charge in [-0.3, -0.25) is 14.9 Å². The summed E-state index contributed by atoms with van der Waals surface area (Å²) in [5, 5.41) is 14.8. The van der Waals surface area contributed by atoms with Crippen LogP contribution in [0, 0.1) is 10.1 Å². The highest BCUT2D eigenvalue weighted by molar-refractivity contribution is 5.98. The Kier molecular flexibility index (Phi) is 5.54. The smallest absolute Gasteiger partial charge is 0.276 e. The lowest BCUT2D eigenvalue weighted by molar-refractivity contribution is -0.385. The predicted molar refractivity (Wildman–Crippen MR) is 104 cm³/mol. The van der Waals surface area contributed by atoms with E-state index in [1.807, 2.05) is 41.2 Å². The van der Waals surface area contributed by atoms with Crippen LogP contribution in [0.3, 0.4) is 0 Å². The quantitative estimate of drug-likeness (QED) is 0.412. The van der Waals surface area contributed by atoms with Crippen LogP contribution in [0.4, 0.5) is 5.69 Å². The Bertz CT molecular complexity index is 1010. The molecule has 7 heteroatoms. The Hall–Kier alpha value is -4.00. The van der Waals surface area contributed by atoms with Crippen molar-refractivity contribution >= 4 is 23.9 Å². The van der Waals surface area contributed by atoms with Gasteiger partial charge in [-0.1, -0.05) is 24.3 Å². The molecule has 3 aromatic rings. The van der Waals surface area contributed by atoms with Crippen LogP contribution in [0.2, 0.25) is 0 Å². The van der Waals surface area contributed by atoms with Gasteiger partial charge in [0.1, 0.15) is 0 Å². The molecule has 0 atom stereocenters. The maximum absolute atomic E-state index is 12.4. The molecule has 0 radical (unpaired) electrons. The minimum Gasteiger partial charge on any atom is -0.323 e. The van der Waals surface area contributed by atoms with E-state index in [-0.39, 0.29) is 11.6 Å². The van der Waals surface area contributed by atoms with Crippen molar-refractivity contribution in [2.75, 3.05) is 0 Å². The number of nitrogens with one attached hydrogen (secondary N) is 1. The van der Waals surface area contributed by atoms with Crippen LogP contribution in [0.15, 0.2) is 84.2 Å². The molecule has 1 heterocycles. The van der Waals surface area contributed by atoms with Gasteiger partial charge in [0.25, 0.3) is 11.6 Å². The van der Waals surface area contributed by atoms with Crippen molar-refractivity contribution in [3.63, 3.8) is 0 Å². The Morgan fingerprint density at radius 3 is 2.52 bits per heavy atom. The van der Waals surface area contributed by atoms with E-state index in [0.717, 1.165) is 5.69 Å². The number of aromatic nitrogens is 1. The Morgan fingerprint density at radius 2 is 1.74 bits per heavy atom. The fourth-order valence-corrected chi connectivity index (χ4v) is 2.53. The predicted octanol–water partition coefficient (Wildman–Crippen LogP) is 3.81. The van der Waals surface area contributed by atoms with E-state index in [1.165, 1.54) is 18.4 Å². The third-order valence-corrected chi connectivity index (χ3v) is 3.77. The second kappa shape index (κ2) is 8.39. The highest BCUT2D eigenvalue weighted by Gasteiger charge is 2.11. The van der Waals surface area contributed by atoms with Crippen LogP contribution in [0.5, 0.6) is 0 Å². The first-order chi connectivity index (χ1) is 13.2. The number of para-hydroxylation sites is 2. The maximum atomic E-state index is 12.4. The number of allylic oxidation sites excluding steroid dienone is 1. The van der Waals surface area contributed by atoms with E-state index in [0.29, 0.717) is 11.1 Å². The van der Waals surface area contributed by atoms with Crippen molar-refractivity contribution in [3.8, 4) is 5.69 Å². The number of amides is 1. The maximum Gasteiger partial charge on any atom is 0.276 e. The normalized spacial score (nSPS) is 11.1. The Morgan fingerprint density at radius 1 is 1.04 bits per heavy atom. The molecule has 7 nitrogen and oxygen atoms in total. The van der Waals surface area contributed by atoms with Gasteiger partial charge in [-0.15, -0.1) is 0 Å². The average Bonchev–Trinajstić information content (AvgIpc) is 3.22. The van der Waals surface area contributed by atoms with Crippen molar-refractivity contribution in [2.45, 2.75) is 0 Å². The highest BCUT2D eigenvalue weighted by Crippen LogP contribution is 2.18. The number of hydrogen-bond acceptors (Lipinski definition) is 4. The Balaban J connectivity index is 1.68. The van der Waals surface area contributed by atoms with Crippen molar-refractivity contribution in [3.05, 3.63) is 100 Å². The molecule has 0 aliphatic heterocycles. The molecule has 3 rings (SSSR count). The minimum atomic E-state index is -0.448. The van der Waals surface area contributed by atoms with Gasteiger partial charge in [0.2, 0.25) is 0 Å². The summed E-state index contributed by atoms with van der Waals surface area (Å²) >= 11 is 0. The molecule has 1 amide bonds. The van der Waals surface area contributed by atoms with Gasteiger partial charge in [-0.25, -0.2) is 5.43 Å². The fourth-order valence-electron chi connectivity index (χ4n) is 2.53. The minimum absolute atomic E-state index is 0.00633. The summed E-state index contributed by atoms with van der Waals surface area (Å²) in [6, 6.07) is 17.3. The molecule has 0 saturated carbocycles. The first-order valence-corrected chi connectivity index (χ1v) is 8.12. The average molecular weight is 360 g/mol. The largest absolute Gasteiger partial charge is 0.323 e. The number of carbonyl (C=O) groups excluding carboxylic acids is 1. The number of rotatable bonds is 6. The van der Waals surface area contributed by atoms with E-state index < -0.39 is 4.92 Å². The molecule has 0 spiro atoms. The molecule has 1 aromatic heterocycles. The van der Waals surface area contributed by atoms with E-state index >= 15 is 0 Å². The summed E-state index contributed by atoms with van der Waals surface area (Å²) in [5.74, 6) is -0.352. The van der Waals surface area contributed by atoms with Crippen molar-refractivity contribution in [2.24, 2.45) is 5.10 Å². The number of nitrogens with zero attached hydrogens (tertiary/aromatic N) is 3. The number of nitro groups is 1. The summed E-state index contributed by atoms with van der Waals surface area (Å²) in [6.07, 6.45) is 8.16. The van der Waals surface area contributed by atoms with Crippen molar-refractivity contribution in [1.29, 1.82) is 0 Å². The van der Waals surface area contributed by atoms with Crippen LogP contribution >= 0.6 is 0 Å². The van der Waals surface area contributed by atoms with Crippen molar-refractivity contribution < 1.29 is 9.72 Å². The van der Waals surface area contributed by atoms with E-state index in [9.17, 15) is 14.9 Å².